The fourth-order valence-electron chi connectivity index (χ4n) is 3.44. The summed E-state index contributed by atoms with van der Waals surface area (Å²) in [5.74, 6) is 0.144. The highest BCUT2D eigenvalue weighted by Gasteiger charge is 2.15. The van der Waals surface area contributed by atoms with Crippen LogP contribution in [-0.4, -0.2) is 45.7 Å². The number of imidazole rings is 1. The SMILES string of the molecule is COc1ccc(CN(C)c2ccc3ncc(C(=O)Nc4cccc(CC(=O)O)c4)n3n2)cc1. The van der Waals surface area contributed by atoms with Gasteiger partial charge in [0.2, 0.25) is 0 Å². The lowest BCUT2D eigenvalue weighted by Gasteiger charge is -2.18. The van der Waals surface area contributed by atoms with Gasteiger partial charge in [-0.05, 0) is 47.5 Å². The van der Waals surface area contributed by atoms with Crippen molar-refractivity contribution in [1.82, 2.24) is 14.6 Å². The van der Waals surface area contributed by atoms with Crippen molar-refractivity contribution in [3.63, 3.8) is 0 Å². The molecule has 0 saturated heterocycles. The topological polar surface area (TPSA) is 109 Å². The summed E-state index contributed by atoms with van der Waals surface area (Å²) in [5, 5.41) is 16.4. The number of carboxylic acids is 1. The van der Waals surface area contributed by atoms with Gasteiger partial charge in [-0.3, -0.25) is 9.59 Å². The van der Waals surface area contributed by atoms with Crippen molar-refractivity contribution in [2.45, 2.75) is 13.0 Å². The molecule has 0 bridgehead atoms. The normalized spacial score (nSPS) is 10.7. The molecule has 0 aliphatic carbocycles. The Balaban J connectivity index is 1.53. The van der Waals surface area contributed by atoms with Crippen LogP contribution >= 0.6 is 0 Å². The van der Waals surface area contributed by atoms with E-state index in [-0.39, 0.29) is 12.1 Å². The Hall–Kier alpha value is -4.40. The third kappa shape index (κ3) is 5.09. The zero-order chi connectivity index (χ0) is 23.4. The zero-order valence-electron chi connectivity index (χ0n) is 18.2. The van der Waals surface area contributed by atoms with Gasteiger partial charge in [0, 0.05) is 19.3 Å². The average molecular weight is 445 g/mol. The Morgan fingerprint density at radius 2 is 1.88 bits per heavy atom. The summed E-state index contributed by atoms with van der Waals surface area (Å²) in [4.78, 5) is 30.1. The second-order valence-corrected chi connectivity index (χ2v) is 7.53. The van der Waals surface area contributed by atoms with Crippen molar-refractivity contribution in [3.8, 4) is 5.75 Å². The third-order valence-corrected chi connectivity index (χ3v) is 5.09. The second-order valence-electron chi connectivity index (χ2n) is 7.53. The van der Waals surface area contributed by atoms with Gasteiger partial charge >= 0.3 is 5.97 Å². The Morgan fingerprint density at radius 3 is 2.61 bits per heavy atom. The number of carbonyl (C=O) groups is 2. The Morgan fingerprint density at radius 1 is 1.09 bits per heavy atom. The van der Waals surface area contributed by atoms with Gasteiger partial charge in [-0.2, -0.15) is 0 Å². The van der Waals surface area contributed by atoms with Crippen molar-refractivity contribution in [2.24, 2.45) is 0 Å². The summed E-state index contributed by atoms with van der Waals surface area (Å²) in [6.07, 6.45) is 1.34. The van der Waals surface area contributed by atoms with Gasteiger partial charge in [-0.15, -0.1) is 5.10 Å². The summed E-state index contributed by atoms with van der Waals surface area (Å²) < 4.78 is 6.70. The lowest BCUT2D eigenvalue weighted by molar-refractivity contribution is -0.136. The van der Waals surface area contributed by atoms with E-state index in [0.29, 0.717) is 29.3 Å². The number of nitrogens with zero attached hydrogens (tertiary/aromatic N) is 4. The first-order valence-electron chi connectivity index (χ1n) is 10.2. The van der Waals surface area contributed by atoms with Crippen LogP contribution < -0.4 is 15.0 Å². The lowest BCUT2D eigenvalue weighted by Crippen LogP contribution is -2.20. The van der Waals surface area contributed by atoms with Crippen LogP contribution in [0.3, 0.4) is 0 Å². The van der Waals surface area contributed by atoms with E-state index in [2.05, 4.69) is 15.4 Å². The van der Waals surface area contributed by atoms with Crippen LogP contribution in [0.4, 0.5) is 11.5 Å². The van der Waals surface area contributed by atoms with Gasteiger partial charge in [-0.1, -0.05) is 24.3 Å². The highest BCUT2D eigenvalue weighted by molar-refractivity contribution is 6.03. The van der Waals surface area contributed by atoms with Crippen LogP contribution in [0, 0.1) is 0 Å². The number of benzene rings is 2. The number of aromatic nitrogens is 3. The van der Waals surface area contributed by atoms with Gasteiger partial charge in [0.15, 0.2) is 11.3 Å². The first kappa shape index (κ1) is 21.8. The Labute approximate surface area is 190 Å². The maximum atomic E-state index is 12.9. The fourth-order valence-corrected chi connectivity index (χ4v) is 3.44. The van der Waals surface area contributed by atoms with E-state index < -0.39 is 11.9 Å². The van der Waals surface area contributed by atoms with Crippen molar-refractivity contribution >= 4 is 29.0 Å². The molecule has 33 heavy (non-hydrogen) atoms. The molecule has 0 aliphatic heterocycles. The lowest BCUT2D eigenvalue weighted by atomic mass is 10.1. The molecule has 2 aromatic carbocycles. The summed E-state index contributed by atoms with van der Waals surface area (Å²) in [6, 6.07) is 18.2. The molecule has 2 heterocycles. The maximum absolute atomic E-state index is 12.9. The first-order chi connectivity index (χ1) is 15.9. The number of ether oxygens (including phenoxy) is 1. The standard InChI is InChI=1S/C24H23N5O4/c1-28(15-16-6-8-19(33-2)9-7-16)22-11-10-21-25-14-20(29(21)27-22)24(32)26-18-5-3-4-17(12-18)13-23(30)31/h3-12,14H,13,15H2,1-2H3,(H,26,32)(H,30,31). The Kier molecular flexibility index (Phi) is 6.21. The van der Waals surface area contributed by atoms with Crippen LogP contribution in [0.1, 0.15) is 21.6 Å². The number of amides is 1. The van der Waals surface area contributed by atoms with Crippen molar-refractivity contribution in [3.05, 3.63) is 83.7 Å². The van der Waals surface area contributed by atoms with Crippen molar-refractivity contribution in [1.29, 1.82) is 0 Å². The van der Waals surface area contributed by atoms with Gasteiger partial charge in [0.25, 0.3) is 5.91 Å². The number of hydrogen-bond donors (Lipinski definition) is 2. The van der Waals surface area contributed by atoms with Crippen molar-refractivity contribution < 1.29 is 19.4 Å². The first-order valence-corrected chi connectivity index (χ1v) is 10.2. The number of rotatable bonds is 8. The molecule has 4 rings (SSSR count). The van der Waals surface area contributed by atoms with Gasteiger partial charge in [0.1, 0.15) is 11.6 Å². The number of methoxy groups -OCH3 is 1. The van der Waals surface area contributed by atoms with E-state index in [0.717, 1.165) is 11.3 Å². The number of carbonyl (C=O) groups excluding carboxylic acids is 1. The quantitative estimate of drug-likeness (QED) is 0.428. The second kappa shape index (κ2) is 9.39. The molecule has 0 saturated carbocycles. The maximum Gasteiger partial charge on any atom is 0.307 e. The minimum Gasteiger partial charge on any atom is -0.497 e. The summed E-state index contributed by atoms with van der Waals surface area (Å²) >= 11 is 0. The summed E-state index contributed by atoms with van der Waals surface area (Å²) in [7, 11) is 3.55. The highest BCUT2D eigenvalue weighted by Crippen LogP contribution is 2.18. The molecular formula is C24H23N5O4. The van der Waals surface area contributed by atoms with Crippen molar-refractivity contribution in [2.75, 3.05) is 24.4 Å². The van der Waals surface area contributed by atoms with E-state index in [1.807, 2.05) is 42.3 Å². The smallest absolute Gasteiger partial charge is 0.307 e. The molecule has 1 amide bonds. The molecule has 0 spiro atoms. The molecule has 0 aliphatic rings. The molecular weight excluding hydrogens is 422 g/mol. The molecule has 2 aromatic heterocycles. The molecule has 2 N–H and O–H groups in total. The number of fused-ring (bicyclic) bond motifs is 1. The fraction of sp³-hybridized carbons (Fsp3) is 0.167. The minimum atomic E-state index is -0.934. The Bertz CT molecular complexity index is 1300. The van der Waals surface area contributed by atoms with E-state index in [4.69, 9.17) is 9.84 Å². The van der Waals surface area contributed by atoms with Gasteiger partial charge < -0.3 is 20.1 Å². The molecule has 9 heteroatoms. The molecule has 0 unspecified atom stereocenters. The molecule has 9 nitrogen and oxygen atoms in total. The van der Waals surface area contributed by atoms with E-state index in [1.54, 1.807) is 37.4 Å². The van der Waals surface area contributed by atoms with Gasteiger partial charge in [-0.25, -0.2) is 9.50 Å². The molecule has 168 valence electrons. The number of aliphatic carboxylic acids is 1. The van der Waals surface area contributed by atoms with E-state index >= 15 is 0 Å². The van der Waals surface area contributed by atoms with Crippen LogP contribution in [0.15, 0.2) is 66.9 Å². The predicted octanol–water partition coefficient (Wildman–Crippen LogP) is 3.25. The number of carboxylic acid groups (broad SMARTS) is 1. The van der Waals surface area contributed by atoms with Gasteiger partial charge in [0.05, 0.1) is 19.7 Å². The number of hydrogen-bond acceptors (Lipinski definition) is 6. The molecule has 4 aromatic rings. The van der Waals surface area contributed by atoms with E-state index in [1.165, 1.54) is 10.7 Å². The average Bonchev–Trinajstić information content (AvgIpc) is 3.23. The molecule has 0 atom stereocenters. The van der Waals surface area contributed by atoms with Crippen LogP contribution in [-0.2, 0) is 17.8 Å². The van der Waals surface area contributed by atoms with Crippen LogP contribution in [0.5, 0.6) is 5.75 Å². The monoisotopic (exact) mass is 445 g/mol. The summed E-state index contributed by atoms with van der Waals surface area (Å²) in [5.41, 5.74) is 3.00. The third-order valence-electron chi connectivity index (χ3n) is 5.09. The van der Waals surface area contributed by atoms with Crippen LogP contribution in [0.25, 0.3) is 5.65 Å². The molecule has 0 radical (unpaired) electrons. The van der Waals surface area contributed by atoms with E-state index in [9.17, 15) is 9.59 Å². The molecule has 0 fully saturated rings. The minimum absolute atomic E-state index is 0.120. The summed E-state index contributed by atoms with van der Waals surface area (Å²) in [6.45, 7) is 0.620. The number of anilines is 2. The highest BCUT2D eigenvalue weighted by atomic mass is 16.5. The zero-order valence-corrected chi connectivity index (χ0v) is 18.2. The van der Waals surface area contributed by atoms with Crippen LogP contribution in [0.2, 0.25) is 0 Å². The largest absolute Gasteiger partial charge is 0.497 e. The number of nitrogens with one attached hydrogen (secondary N) is 1. The predicted molar refractivity (Wildman–Crippen MR) is 124 cm³/mol.